The number of aromatic nitrogens is 2. The number of ether oxygens (including phenoxy) is 2. The first-order valence-electron chi connectivity index (χ1n) is 5.99. The first-order valence-corrected chi connectivity index (χ1v) is 5.99. The number of hydrogen-bond acceptors (Lipinski definition) is 6. The first kappa shape index (κ1) is 12.2. The van der Waals surface area contributed by atoms with Crippen LogP contribution in [0.25, 0.3) is 0 Å². The minimum atomic E-state index is -0.601. The van der Waals surface area contributed by atoms with Crippen LogP contribution < -0.4 is 20.5 Å². The largest absolute Gasteiger partial charge is 0.454 e. The van der Waals surface area contributed by atoms with Crippen molar-refractivity contribution >= 4 is 11.7 Å². The molecule has 7 nitrogen and oxygen atoms in total. The van der Waals surface area contributed by atoms with E-state index in [0.717, 1.165) is 17.1 Å². The van der Waals surface area contributed by atoms with Gasteiger partial charge in [0, 0.05) is 12.1 Å². The fraction of sp³-hybridized carbons (Fsp3) is 0.154. The van der Waals surface area contributed by atoms with Crippen LogP contribution >= 0.6 is 0 Å². The smallest absolute Gasteiger partial charge is 0.269 e. The zero-order valence-corrected chi connectivity index (χ0v) is 10.5. The molecular formula is C13H12N4O3. The summed E-state index contributed by atoms with van der Waals surface area (Å²) in [6.45, 7) is 0.747. The topological polar surface area (TPSA) is 99.4 Å². The SMILES string of the molecule is NC(=O)c1ccc(NCc2cccc3c2OCO3)nn1. The van der Waals surface area contributed by atoms with Crippen molar-refractivity contribution in [3.05, 3.63) is 41.6 Å². The van der Waals surface area contributed by atoms with Crippen LogP contribution in [0.2, 0.25) is 0 Å². The van der Waals surface area contributed by atoms with Crippen LogP contribution in [0.15, 0.2) is 30.3 Å². The van der Waals surface area contributed by atoms with Crippen molar-refractivity contribution in [1.29, 1.82) is 0 Å². The Labute approximate surface area is 114 Å². The molecule has 1 aromatic carbocycles. The highest BCUT2D eigenvalue weighted by molar-refractivity contribution is 5.90. The average molecular weight is 272 g/mol. The molecule has 0 atom stereocenters. The van der Waals surface area contributed by atoms with Crippen molar-refractivity contribution in [2.24, 2.45) is 5.73 Å². The Balaban J connectivity index is 1.71. The molecule has 102 valence electrons. The quantitative estimate of drug-likeness (QED) is 0.858. The van der Waals surface area contributed by atoms with Crippen LogP contribution in [0.3, 0.4) is 0 Å². The maximum Gasteiger partial charge on any atom is 0.269 e. The minimum absolute atomic E-state index is 0.132. The van der Waals surface area contributed by atoms with Gasteiger partial charge in [-0.05, 0) is 18.2 Å². The molecule has 3 rings (SSSR count). The second-order valence-corrected chi connectivity index (χ2v) is 4.17. The number of hydrogen-bond donors (Lipinski definition) is 2. The van der Waals surface area contributed by atoms with E-state index in [2.05, 4.69) is 15.5 Å². The lowest BCUT2D eigenvalue weighted by molar-refractivity contribution is 0.0994. The standard InChI is InChI=1S/C13H12N4O3/c14-13(18)9-4-5-11(17-16-9)15-6-8-2-1-3-10-12(8)20-7-19-10/h1-5H,6-7H2,(H2,14,18)(H,15,17). The van der Waals surface area contributed by atoms with E-state index in [1.165, 1.54) is 6.07 Å². The molecule has 0 spiro atoms. The van der Waals surface area contributed by atoms with Gasteiger partial charge in [-0.2, -0.15) is 0 Å². The number of primary amides is 1. The number of nitrogens with zero attached hydrogens (tertiary/aromatic N) is 2. The van der Waals surface area contributed by atoms with Crippen molar-refractivity contribution in [1.82, 2.24) is 10.2 Å². The molecule has 0 saturated carbocycles. The summed E-state index contributed by atoms with van der Waals surface area (Å²) in [6.07, 6.45) is 0. The first-order chi connectivity index (χ1) is 9.74. The molecule has 0 aliphatic carbocycles. The van der Waals surface area contributed by atoms with Crippen molar-refractivity contribution in [3.8, 4) is 11.5 Å². The number of amides is 1. The molecule has 0 saturated heterocycles. The lowest BCUT2D eigenvalue weighted by Gasteiger charge is -2.07. The Morgan fingerprint density at radius 2 is 2.15 bits per heavy atom. The summed E-state index contributed by atoms with van der Waals surface area (Å²) in [7, 11) is 0. The van der Waals surface area contributed by atoms with Gasteiger partial charge in [-0.1, -0.05) is 12.1 Å². The number of nitrogens with one attached hydrogen (secondary N) is 1. The Bertz CT molecular complexity index is 643. The van der Waals surface area contributed by atoms with E-state index in [1.807, 2.05) is 18.2 Å². The predicted molar refractivity (Wildman–Crippen MR) is 70.4 cm³/mol. The van der Waals surface area contributed by atoms with Gasteiger partial charge in [0.2, 0.25) is 6.79 Å². The highest BCUT2D eigenvalue weighted by atomic mass is 16.7. The van der Waals surface area contributed by atoms with Gasteiger partial charge in [0.15, 0.2) is 17.2 Å². The van der Waals surface area contributed by atoms with E-state index in [4.69, 9.17) is 15.2 Å². The van der Waals surface area contributed by atoms with E-state index < -0.39 is 5.91 Å². The van der Waals surface area contributed by atoms with Gasteiger partial charge in [-0.25, -0.2) is 0 Å². The van der Waals surface area contributed by atoms with E-state index in [1.54, 1.807) is 6.07 Å². The van der Waals surface area contributed by atoms with Gasteiger partial charge in [0.25, 0.3) is 5.91 Å². The van der Waals surface area contributed by atoms with E-state index in [0.29, 0.717) is 12.4 Å². The number of anilines is 1. The van der Waals surface area contributed by atoms with Gasteiger partial charge < -0.3 is 20.5 Å². The number of para-hydroxylation sites is 1. The number of nitrogens with two attached hydrogens (primary N) is 1. The van der Waals surface area contributed by atoms with Gasteiger partial charge in [-0.3, -0.25) is 4.79 Å². The lowest BCUT2D eigenvalue weighted by atomic mass is 10.2. The van der Waals surface area contributed by atoms with Crippen LogP contribution in [-0.2, 0) is 6.54 Å². The zero-order valence-electron chi connectivity index (χ0n) is 10.5. The van der Waals surface area contributed by atoms with Crippen molar-refractivity contribution in [2.75, 3.05) is 12.1 Å². The molecule has 1 amide bonds. The van der Waals surface area contributed by atoms with Crippen molar-refractivity contribution in [2.45, 2.75) is 6.54 Å². The second-order valence-electron chi connectivity index (χ2n) is 4.17. The van der Waals surface area contributed by atoms with Crippen LogP contribution in [-0.4, -0.2) is 22.9 Å². The van der Waals surface area contributed by atoms with Gasteiger partial charge in [0.1, 0.15) is 5.82 Å². The summed E-state index contributed by atoms with van der Waals surface area (Å²) in [5, 5.41) is 10.7. The Hall–Kier alpha value is -2.83. The fourth-order valence-corrected chi connectivity index (χ4v) is 1.87. The Kier molecular flexibility index (Phi) is 3.08. The van der Waals surface area contributed by atoms with Gasteiger partial charge in [0.05, 0.1) is 0 Å². The number of benzene rings is 1. The summed E-state index contributed by atoms with van der Waals surface area (Å²) in [6, 6.07) is 8.85. The molecule has 2 heterocycles. The van der Waals surface area contributed by atoms with Crippen molar-refractivity contribution < 1.29 is 14.3 Å². The Morgan fingerprint density at radius 3 is 2.90 bits per heavy atom. The molecule has 1 aliphatic rings. The maximum atomic E-state index is 10.9. The van der Waals surface area contributed by atoms with Crippen LogP contribution in [0.4, 0.5) is 5.82 Å². The van der Waals surface area contributed by atoms with E-state index >= 15 is 0 Å². The van der Waals surface area contributed by atoms with E-state index in [-0.39, 0.29) is 12.5 Å². The highest BCUT2D eigenvalue weighted by Gasteiger charge is 2.16. The molecular weight excluding hydrogens is 260 g/mol. The fourth-order valence-electron chi connectivity index (χ4n) is 1.87. The molecule has 1 aromatic heterocycles. The summed E-state index contributed by atoms with van der Waals surface area (Å²) in [4.78, 5) is 10.9. The third kappa shape index (κ3) is 2.33. The van der Waals surface area contributed by atoms with E-state index in [9.17, 15) is 4.79 Å². The predicted octanol–water partition coefficient (Wildman–Crippen LogP) is 0.916. The molecule has 20 heavy (non-hydrogen) atoms. The monoisotopic (exact) mass is 272 g/mol. The van der Waals surface area contributed by atoms with Crippen LogP contribution in [0.5, 0.6) is 11.5 Å². The summed E-state index contributed by atoms with van der Waals surface area (Å²) < 4.78 is 10.7. The molecule has 0 fully saturated rings. The lowest BCUT2D eigenvalue weighted by Crippen LogP contribution is -2.14. The summed E-state index contributed by atoms with van der Waals surface area (Å²) >= 11 is 0. The van der Waals surface area contributed by atoms with Gasteiger partial charge >= 0.3 is 0 Å². The highest BCUT2D eigenvalue weighted by Crippen LogP contribution is 2.35. The zero-order chi connectivity index (χ0) is 13.9. The third-order valence-corrected chi connectivity index (χ3v) is 2.86. The molecule has 2 aromatic rings. The molecule has 1 aliphatic heterocycles. The van der Waals surface area contributed by atoms with Crippen LogP contribution in [0.1, 0.15) is 16.1 Å². The second kappa shape index (κ2) is 5.04. The molecule has 0 radical (unpaired) electrons. The molecule has 0 unspecified atom stereocenters. The third-order valence-electron chi connectivity index (χ3n) is 2.86. The average Bonchev–Trinajstić information content (AvgIpc) is 2.94. The molecule has 0 bridgehead atoms. The molecule has 7 heteroatoms. The normalized spacial score (nSPS) is 12.2. The van der Waals surface area contributed by atoms with Gasteiger partial charge in [-0.15, -0.1) is 10.2 Å². The number of carbonyl (C=O) groups is 1. The number of carbonyl (C=O) groups excluding carboxylic acids is 1. The van der Waals surface area contributed by atoms with Crippen molar-refractivity contribution in [3.63, 3.8) is 0 Å². The summed E-state index contributed by atoms with van der Waals surface area (Å²) in [5.41, 5.74) is 6.19. The maximum absolute atomic E-state index is 10.9. The number of fused-ring (bicyclic) bond motifs is 1. The summed E-state index contributed by atoms with van der Waals surface area (Å²) in [5.74, 6) is 1.42. The minimum Gasteiger partial charge on any atom is -0.454 e. The molecule has 3 N–H and O–H groups in total. The number of rotatable bonds is 4. The Morgan fingerprint density at radius 1 is 1.25 bits per heavy atom. The van der Waals surface area contributed by atoms with Crippen LogP contribution in [0, 0.1) is 0 Å².